The van der Waals surface area contributed by atoms with Crippen molar-refractivity contribution < 1.29 is 9.32 Å². The van der Waals surface area contributed by atoms with Crippen LogP contribution < -0.4 is 5.32 Å². The van der Waals surface area contributed by atoms with Gasteiger partial charge in [0, 0.05) is 6.07 Å². The Labute approximate surface area is 146 Å². The monoisotopic (exact) mass is 352 g/mol. The van der Waals surface area contributed by atoms with Crippen molar-refractivity contribution >= 4 is 34.5 Å². The number of carbonyl (C=O) groups excluding carboxylic acids is 1. The highest BCUT2D eigenvalue weighted by molar-refractivity contribution is 8.00. The first-order chi connectivity index (χ1) is 12.3. The van der Waals surface area contributed by atoms with Gasteiger partial charge in [0.1, 0.15) is 17.6 Å². The van der Waals surface area contributed by atoms with Crippen molar-refractivity contribution in [2.75, 3.05) is 11.1 Å². The topological polar surface area (TPSA) is 98.7 Å². The van der Waals surface area contributed by atoms with Gasteiger partial charge < -0.3 is 9.84 Å². The number of para-hydroxylation sites is 1. The maximum absolute atomic E-state index is 12.0. The zero-order valence-electron chi connectivity index (χ0n) is 12.9. The summed E-state index contributed by atoms with van der Waals surface area (Å²) in [6, 6.07) is 11.3. The second-order valence-electron chi connectivity index (χ2n) is 5.03. The van der Waals surface area contributed by atoms with Crippen LogP contribution in [-0.2, 0) is 4.79 Å². The van der Waals surface area contributed by atoms with Crippen molar-refractivity contribution in [1.29, 1.82) is 0 Å². The lowest BCUT2D eigenvalue weighted by Crippen LogP contribution is -2.14. The molecule has 0 atom stereocenters. The van der Waals surface area contributed by atoms with Crippen LogP contribution in [0, 0.1) is 0 Å². The molecule has 4 aromatic rings. The van der Waals surface area contributed by atoms with Crippen molar-refractivity contribution in [2.45, 2.75) is 5.03 Å². The van der Waals surface area contributed by atoms with E-state index in [1.54, 1.807) is 16.9 Å². The van der Waals surface area contributed by atoms with Crippen molar-refractivity contribution in [3.63, 3.8) is 0 Å². The molecule has 0 radical (unpaired) electrons. The zero-order valence-corrected chi connectivity index (χ0v) is 13.7. The third kappa shape index (κ3) is 3.22. The number of aromatic nitrogens is 5. The number of amides is 1. The van der Waals surface area contributed by atoms with E-state index in [-0.39, 0.29) is 11.7 Å². The largest absolute Gasteiger partial charge is 0.363 e. The molecule has 0 aliphatic rings. The van der Waals surface area contributed by atoms with E-state index in [0.29, 0.717) is 16.5 Å². The molecule has 4 rings (SSSR count). The molecule has 1 aromatic carbocycles. The van der Waals surface area contributed by atoms with Gasteiger partial charge in [-0.25, -0.2) is 14.6 Å². The Morgan fingerprint density at radius 1 is 1.20 bits per heavy atom. The summed E-state index contributed by atoms with van der Waals surface area (Å²) in [6.07, 6.45) is 4.58. The Balaban J connectivity index is 1.54. The number of anilines is 1. The van der Waals surface area contributed by atoms with Crippen LogP contribution in [0.5, 0.6) is 0 Å². The third-order valence-corrected chi connectivity index (χ3v) is 4.38. The Morgan fingerprint density at radius 2 is 2.08 bits per heavy atom. The Morgan fingerprint density at radius 3 is 2.88 bits per heavy atom. The normalized spacial score (nSPS) is 10.9. The number of benzene rings is 1. The van der Waals surface area contributed by atoms with E-state index >= 15 is 0 Å². The maximum atomic E-state index is 12.0. The summed E-state index contributed by atoms with van der Waals surface area (Å²) in [7, 11) is 0. The van der Waals surface area contributed by atoms with E-state index in [1.165, 1.54) is 24.4 Å². The zero-order chi connectivity index (χ0) is 17.1. The Kier molecular flexibility index (Phi) is 4.13. The number of nitrogens with one attached hydrogen (secondary N) is 1. The summed E-state index contributed by atoms with van der Waals surface area (Å²) < 4.78 is 6.42. The number of thioether (sulfide) groups is 1. The van der Waals surface area contributed by atoms with E-state index < -0.39 is 0 Å². The minimum absolute atomic E-state index is 0.190. The van der Waals surface area contributed by atoms with Crippen molar-refractivity contribution in [3.8, 4) is 5.69 Å². The van der Waals surface area contributed by atoms with Gasteiger partial charge >= 0.3 is 0 Å². The highest BCUT2D eigenvalue weighted by Crippen LogP contribution is 2.25. The first-order valence-corrected chi connectivity index (χ1v) is 8.37. The van der Waals surface area contributed by atoms with Crippen molar-refractivity contribution in [3.05, 3.63) is 55.2 Å². The fourth-order valence-corrected chi connectivity index (χ4v) is 3.05. The first-order valence-electron chi connectivity index (χ1n) is 7.38. The summed E-state index contributed by atoms with van der Waals surface area (Å²) in [5, 5.41) is 12.2. The second-order valence-corrected chi connectivity index (χ2v) is 5.99. The van der Waals surface area contributed by atoms with Crippen LogP contribution in [0.1, 0.15) is 0 Å². The highest BCUT2D eigenvalue weighted by atomic mass is 32.2. The number of carbonyl (C=O) groups is 1. The van der Waals surface area contributed by atoms with Gasteiger partial charge in [-0.15, -0.1) is 0 Å². The molecule has 25 heavy (non-hydrogen) atoms. The molecule has 0 aliphatic carbocycles. The molecule has 3 heterocycles. The minimum Gasteiger partial charge on any atom is -0.363 e. The number of nitrogens with zero attached hydrogens (tertiary/aromatic N) is 5. The van der Waals surface area contributed by atoms with Gasteiger partial charge in [0.05, 0.1) is 23.0 Å². The van der Waals surface area contributed by atoms with Crippen LogP contribution in [0.4, 0.5) is 5.82 Å². The first kappa shape index (κ1) is 15.3. The predicted molar refractivity (Wildman–Crippen MR) is 92.5 cm³/mol. The van der Waals surface area contributed by atoms with Crippen LogP contribution in [0.2, 0.25) is 0 Å². The molecule has 0 saturated heterocycles. The van der Waals surface area contributed by atoms with Gasteiger partial charge in [0.2, 0.25) is 5.91 Å². The SMILES string of the molecule is O=C(CSc1ncnc2c1cnn2-c1ccccc1)Nc1ccon1. The molecular weight excluding hydrogens is 340 g/mol. The van der Waals surface area contributed by atoms with Gasteiger partial charge in [-0.2, -0.15) is 5.10 Å². The second kappa shape index (κ2) is 6.73. The fourth-order valence-electron chi connectivity index (χ4n) is 2.29. The molecule has 0 spiro atoms. The molecule has 3 aromatic heterocycles. The number of hydrogen-bond acceptors (Lipinski definition) is 7. The molecule has 0 saturated carbocycles. The van der Waals surface area contributed by atoms with Crippen LogP contribution in [0.15, 0.2) is 64.7 Å². The maximum Gasteiger partial charge on any atom is 0.236 e. The fraction of sp³-hybridized carbons (Fsp3) is 0.0625. The Bertz CT molecular complexity index is 1000. The number of rotatable bonds is 5. The van der Waals surface area contributed by atoms with Gasteiger partial charge in [-0.05, 0) is 12.1 Å². The molecule has 8 nitrogen and oxygen atoms in total. The predicted octanol–water partition coefficient (Wildman–Crippen LogP) is 2.53. The summed E-state index contributed by atoms with van der Waals surface area (Å²) in [5.74, 6) is 0.381. The summed E-state index contributed by atoms with van der Waals surface area (Å²) >= 11 is 1.31. The molecule has 0 fully saturated rings. The molecule has 0 bridgehead atoms. The minimum atomic E-state index is -0.193. The van der Waals surface area contributed by atoms with Gasteiger partial charge in [0.25, 0.3) is 0 Å². The average molecular weight is 352 g/mol. The summed E-state index contributed by atoms with van der Waals surface area (Å²) in [4.78, 5) is 20.6. The lowest BCUT2D eigenvalue weighted by molar-refractivity contribution is -0.113. The van der Waals surface area contributed by atoms with E-state index in [1.807, 2.05) is 30.3 Å². The molecule has 124 valence electrons. The summed E-state index contributed by atoms with van der Waals surface area (Å²) in [6.45, 7) is 0. The molecular formula is C16H12N6O2S. The molecule has 0 aliphatic heterocycles. The molecule has 1 amide bonds. The van der Waals surface area contributed by atoms with E-state index in [0.717, 1.165) is 11.1 Å². The van der Waals surface area contributed by atoms with Crippen LogP contribution >= 0.6 is 11.8 Å². The molecule has 1 N–H and O–H groups in total. The standard InChI is InChI=1S/C16H12N6O2S/c23-14(20-13-6-7-24-21-13)9-25-16-12-8-19-22(15(12)17-10-18-16)11-4-2-1-3-5-11/h1-8,10H,9H2,(H,20,21,23). The molecule has 9 heteroatoms. The number of hydrogen-bond donors (Lipinski definition) is 1. The van der Waals surface area contributed by atoms with Gasteiger partial charge in [0.15, 0.2) is 11.5 Å². The van der Waals surface area contributed by atoms with Crippen LogP contribution in [0.25, 0.3) is 16.7 Å². The van der Waals surface area contributed by atoms with Gasteiger partial charge in [-0.3, -0.25) is 4.79 Å². The average Bonchev–Trinajstić information content (AvgIpc) is 3.30. The lowest BCUT2D eigenvalue weighted by Gasteiger charge is -2.04. The van der Waals surface area contributed by atoms with Gasteiger partial charge in [-0.1, -0.05) is 35.1 Å². The number of fused-ring (bicyclic) bond motifs is 1. The van der Waals surface area contributed by atoms with Crippen molar-refractivity contribution in [1.82, 2.24) is 24.9 Å². The quantitative estimate of drug-likeness (QED) is 0.435. The van der Waals surface area contributed by atoms with E-state index in [4.69, 9.17) is 0 Å². The van der Waals surface area contributed by atoms with Crippen LogP contribution in [0.3, 0.4) is 0 Å². The van der Waals surface area contributed by atoms with E-state index in [2.05, 4.69) is 30.1 Å². The van der Waals surface area contributed by atoms with Crippen molar-refractivity contribution in [2.24, 2.45) is 0 Å². The molecule has 0 unspecified atom stereocenters. The smallest absolute Gasteiger partial charge is 0.236 e. The lowest BCUT2D eigenvalue weighted by atomic mass is 10.3. The third-order valence-electron chi connectivity index (χ3n) is 3.38. The summed E-state index contributed by atoms with van der Waals surface area (Å²) in [5.41, 5.74) is 1.61. The highest BCUT2D eigenvalue weighted by Gasteiger charge is 2.13. The van der Waals surface area contributed by atoms with Crippen LogP contribution in [-0.4, -0.2) is 36.6 Å². The Hall–Kier alpha value is -3.20. The van der Waals surface area contributed by atoms with E-state index in [9.17, 15) is 4.79 Å².